The summed E-state index contributed by atoms with van der Waals surface area (Å²) in [5.41, 5.74) is 8.99. The quantitative estimate of drug-likeness (QED) is 0.687. The first-order valence-electron chi connectivity index (χ1n) is 8.27. The zero-order valence-electron chi connectivity index (χ0n) is 12.6. The van der Waals surface area contributed by atoms with E-state index in [1.54, 1.807) is 6.07 Å². The Morgan fingerprint density at radius 2 is 2.00 bits per heavy atom. The molecule has 114 valence electrons. The van der Waals surface area contributed by atoms with Crippen molar-refractivity contribution in [1.29, 1.82) is 0 Å². The van der Waals surface area contributed by atoms with Crippen LogP contribution in [0, 0.1) is 17.3 Å². The largest absolute Gasteiger partial charge is 0.508 e. The lowest BCUT2D eigenvalue weighted by Crippen LogP contribution is -2.45. The van der Waals surface area contributed by atoms with E-state index in [4.69, 9.17) is 5.73 Å². The highest BCUT2D eigenvalue weighted by Gasteiger charge is 2.55. The molecule has 0 amide bonds. The van der Waals surface area contributed by atoms with E-state index >= 15 is 0 Å². The van der Waals surface area contributed by atoms with Crippen LogP contribution in [-0.2, 0) is 0 Å². The molecule has 0 unspecified atom stereocenters. The predicted octanol–water partition coefficient (Wildman–Crippen LogP) is 3.07. The number of aromatic hydroxyl groups is 1. The average molecular weight is 287 g/mol. The minimum absolute atomic E-state index is 0.0217. The number of phenols is 1. The SMILES string of the molecule is C[C@]12CC[C@@H]3c4ccc(O)cc4[C@@H](N)C[C@H]3[C@@H]1CC[C@@H]2O. The van der Waals surface area contributed by atoms with E-state index < -0.39 is 0 Å². The summed E-state index contributed by atoms with van der Waals surface area (Å²) in [7, 11) is 0. The lowest BCUT2D eigenvalue weighted by atomic mass is 9.55. The van der Waals surface area contributed by atoms with Crippen molar-refractivity contribution < 1.29 is 10.2 Å². The molecule has 0 aromatic heterocycles. The molecule has 3 aliphatic carbocycles. The molecule has 3 heteroatoms. The van der Waals surface area contributed by atoms with Crippen LogP contribution in [0.15, 0.2) is 18.2 Å². The first kappa shape index (κ1) is 13.6. The molecule has 0 radical (unpaired) electrons. The van der Waals surface area contributed by atoms with Gasteiger partial charge in [0, 0.05) is 6.04 Å². The highest BCUT2D eigenvalue weighted by atomic mass is 16.3. The van der Waals surface area contributed by atoms with Gasteiger partial charge in [0.05, 0.1) is 6.10 Å². The van der Waals surface area contributed by atoms with E-state index in [1.807, 2.05) is 6.07 Å². The van der Waals surface area contributed by atoms with Crippen LogP contribution in [0.3, 0.4) is 0 Å². The Morgan fingerprint density at radius 3 is 2.81 bits per heavy atom. The molecule has 3 aliphatic rings. The van der Waals surface area contributed by atoms with Crippen molar-refractivity contribution in [3.63, 3.8) is 0 Å². The van der Waals surface area contributed by atoms with Crippen molar-refractivity contribution in [3.05, 3.63) is 29.3 Å². The van der Waals surface area contributed by atoms with Gasteiger partial charge in [-0.05, 0) is 78.5 Å². The van der Waals surface area contributed by atoms with Crippen LogP contribution in [0.4, 0.5) is 0 Å². The van der Waals surface area contributed by atoms with Gasteiger partial charge in [0.25, 0.3) is 0 Å². The first-order valence-corrected chi connectivity index (χ1v) is 8.27. The van der Waals surface area contributed by atoms with Gasteiger partial charge in [-0.25, -0.2) is 0 Å². The lowest BCUT2D eigenvalue weighted by molar-refractivity contribution is -0.0248. The number of hydrogen-bond acceptors (Lipinski definition) is 3. The zero-order valence-corrected chi connectivity index (χ0v) is 12.6. The molecular formula is C18H25NO2. The second kappa shape index (κ2) is 4.47. The molecule has 2 saturated carbocycles. The number of benzene rings is 1. The van der Waals surface area contributed by atoms with Crippen LogP contribution in [-0.4, -0.2) is 16.3 Å². The average Bonchev–Trinajstić information content (AvgIpc) is 2.76. The molecule has 4 N–H and O–H groups in total. The number of fused-ring (bicyclic) bond motifs is 5. The number of hydrogen-bond donors (Lipinski definition) is 3. The van der Waals surface area contributed by atoms with Crippen LogP contribution in [0.1, 0.15) is 62.1 Å². The fourth-order valence-corrected chi connectivity index (χ4v) is 5.62. The summed E-state index contributed by atoms with van der Waals surface area (Å²) in [6.45, 7) is 2.28. The Morgan fingerprint density at radius 1 is 1.19 bits per heavy atom. The minimum atomic E-state index is -0.138. The van der Waals surface area contributed by atoms with E-state index in [2.05, 4.69) is 13.0 Å². The molecule has 0 heterocycles. The Balaban J connectivity index is 1.75. The highest BCUT2D eigenvalue weighted by Crippen LogP contribution is 2.61. The summed E-state index contributed by atoms with van der Waals surface area (Å²) in [4.78, 5) is 0. The van der Waals surface area contributed by atoms with Crippen molar-refractivity contribution >= 4 is 0 Å². The monoisotopic (exact) mass is 287 g/mol. The van der Waals surface area contributed by atoms with Gasteiger partial charge in [0.15, 0.2) is 0 Å². The molecule has 4 rings (SSSR count). The van der Waals surface area contributed by atoms with E-state index in [9.17, 15) is 10.2 Å². The van der Waals surface area contributed by atoms with E-state index in [0.29, 0.717) is 23.5 Å². The Kier molecular flexibility index (Phi) is 2.89. The second-order valence-corrected chi connectivity index (χ2v) is 7.67. The molecule has 6 atom stereocenters. The summed E-state index contributed by atoms with van der Waals surface area (Å²) in [5, 5.41) is 20.1. The van der Waals surface area contributed by atoms with Crippen molar-refractivity contribution in [2.45, 2.75) is 57.1 Å². The van der Waals surface area contributed by atoms with Gasteiger partial charge in [-0.2, -0.15) is 0 Å². The standard InChI is InChI=1S/C18H25NO2/c1-18-7-6-12-11-3-2-10(20)8-14(11)16(19)9-13(12)15(18)4-5-17(18)21/h2-3,8,12-13,15-17,20-21H,4-7,9,19H2,1H3/t12-,13-,15+,16+,17+,18+/m1/s1. The van der Waals surface area contributed by atoms with Gasteiger partial charge in [-0.3, -0.25) is 0 Å². The minimum Gasteiger partial charge on any atom is -0.508 e. The third-order valence-electron chi connectivity index (χ3n) is 6.78. The summed E-state index contributed by atoms with van der Waals surface area (Å²) in [6.07, 6.45) is 5.19. The molecular weight excluding hydrogens is 262 g/mol. The van der Waals surface area contributed by atoms with Gasteiger partial charge in [-0.15, -0.1) is 0 Å². The van der Waals surface area contributed by atoms with Gasteiger partial charge in [0.1, 0.15) is 5.75 Å². The molecule has 2 fully saturated rings. The summed E-state index contributed by atoms with van der Waals surface area (Å²) >= 11 is 0. The zero-order chi connectivity index (χ0) is 14.8. The van der Waals surface area contributed by atoms with E-state index in [-0.39, 0.29) is 17.6 Å². The summed E-state index contributed by atoms with van der Waals surface area (Å²) in [5.74, 6) is 2.07. The summed E-state index contributed by atoms with van der Waals surface area (Å²) in [6, 6.07) is 5.75. The molecule has 0 spiro atoms. The summed E-state index contributed by atoms with van der Waals surface area (Å²) < 4.78 is 0. The highest BCUT2D eigenvalue weighted by molar-refractivity contribution is 5.42. The maximum atomic E-state index is 10.4. The normalized spacial score (nSPS) is 44.8. The number of aliphatic hydroxyl groups excluding tert-OH is 1. The van der Waals surface area contributed by atoms with E-state index in [0.717, 1.165) is 37.7 Å². The number of nitrogens with two attached hydrogens (primary N) is 1. The van der Waals surface area contributed by atoms with Gasteiger partial charge in [0.2, 0.25) is 0 Å². The molecule has 3 nitrogen and oxygen atoms in total. The maximum Gasteiger partial charge on any atom is 0.115 e. The Bertz CT molecular complexity index is 572. The fourth-order valence-electron chi connectivity index (χ4n) is 5.62. The number of rotatable bonds is 0. The van der Waals surface area contributed by atoms with E-state index in [1.165, 1.54) is 5.56 Å². The molecule has 0 saturated heterocycles. The Labute approximate surface area is 126 Å². The Hall–Kier alpha value is -1.06. The molecule has 0 aliphatic heterocycles. The smallest absolute Gasteiger partial charge is 0.115 e. The second-order valence-electron chi connectivity index (χ2n) is 7.67. The lowest BCUT2D eigenvalue weighted by Gasteiger charge is -2.51. The molecule has 21 heavy (non-hydrogen) atoms. The van der Waals surface area contributed by atoms with Crippen molar-refractivity contribution in [2.24, 2.45) is 23.0 Å². The molecule has 0 bridgehead atoms. The first-order chi connectivity index (χ1) is 10.0. The van der Waals surface area contributed by atoms with Crippen LogP contribution in [0.5, 0.6) is 5.75 Å². The molecule has 1 aromatic rings. The van der Waals surface area contributed by atoms with Crippen LogP contribution < -0.4 is 5.73 Å². The number of aliphatic hydroxyl groups is 1. The maximum absolute atomic E-state index is 10.4. The van der Waals surface area contributed by atoms with Gasteiger partial charge >= 0.3 is 0 Å². The topological polar surface area (TPSA) is 66.5 Å². The van der Waals surface area contributed by atoms with Gasteiger partial charge < -0.3 is 15.9 Å². The third-order valence-corrected chi connectivity index (χ3v) is 6.78. The van der Waals surface area contributed by atoms with Crippen LogP contribution >= 0.6 is 0 Å². The fraction of sp³-hybridized carbons (Fsp3) is 0.667. The number of phenolic OH excluding ortho intramolecular Hbond substituents is 1. The molecule has 1 aromatic carbocycles. The predicted molar refractivity (Wildman–Crippen MR) is 82.0 cm³/mol. The van der Waals surface area contributed by atoms with Crippen molar-refractivity contribution in [3.8, 4) is 5.75 Å². The van der Waals surface area contributed by atoms with Gasteiger partial charge in [-0.1, -0.05) is 13.0 Å². The van der Waals surface area contributed by atoms with Crippen molar-refractivity contribution in [2.75, 3.05) is 0 Å². The van der Waals surface area contributed by atoms with Crippen LogP contribution in [0.2, 0.25) is 0 Å². The third kappa shape index (κ3) is 1.80. The van der Waals surface area contributed by atoms with Crippen molar-refractivity contribution in [1.82, 2.24) is 0 Å². The van der Waals surface area contributed by atoms with Crippen LogP contribution in [0.25, 0.3) is 0 Å².